The van der Waals surface area contributed by atoms with E-state index in [-0.39, 0.29) is 30.0 Å². The lowest BCUT2D eigenvalue weighted by Gasteiger charge is -2.28. The van der Waals surface area contributed by atoms with E-state index in [4.69, 9.17) is 0 Å². The van der Waals surface area contributed by atoms with Crippen LogP contribution in [0.15, 0.2) is 72.1 Å². The summed E-state index contributed by atoms with van der Waals surface area (Å²) in [6.45, 7) is 7.39. The highest BCUT2D eigenvalue weighted by molar-refractivity contribution is 7.10. The second-order valence-corrected chi connectivity index (χ2v) is 10.1. The van der Waals surface area contributed by atoms with Gasteiger partial charge in [-0.05, 0) is 59.2 Å². The molecule has 2 amide bonds. The molecule has 2 aromatic carbocycles. The molecule has 8 heteroatoms. The van der Waals surface area contributed by atoms with Crippen molar-refractivity contribution < 1.29 is 14.5 Å². The van der Waals surface area contributed by atoms with Crippen LogP contribution in [0.5, 0.6) is 0 Å². The predicted molar refractivity (Wildman–Crippen MR) is 143 cm³/mol. The molecule has 0 aliphatic rings. The van der Waals surface area contributed by atoms with Crippen molar-refractivity contribution in [2.24, 2.45) is 5.92 Å². The minimum atomic E-state index is -0.465. The van der Waals surface area contributed by atoms with E-state index < -0.39 is 4.92 Å². The first kappa shape index (κ1) is 26.8. The van der Waals surface area contributed by atoms with Crippen LogP contribution in [-0.2, 0) is 22.7 Å². The smallest absolute Gasteiger partial charge is 0.269 e. The van der Waals surface area contributed by atoms with E-state index in [2.05, 4.69) is 0 Å². The van der Waals surface area contributed by atoms with Gasteiger partial charge in [0.15, 0.2) is 0 Å². The molecule has 0 aliphatic carbocycles. The molecule has 1 heterocycles. The third-order valence-electron chi connectivity index (χ3n) is 5.62. The van der Waals surface area contributed by atoms with Gasteiger partial charge in [-0.25, -0.2) is 0 Å². The van der Waals surface area contributed by atoms with Crippen LogP contribution in [0.1, 0.15) is 35.4 Å². The van der Waals surface area contributed by atoms with Crippen molar-refractivity contribution in [2.75, 3.05) is 13.1 Å². The number of carbonyl (C=O) groups excluding carboxylic acids is 2. The Balaban J connectivity index is 1.76. The molecular weight excluding hydrogens is 474 g/mol. The molecular formula is C28H31N3O4S. The van der Waals surface area contributed by atoms with Gasteiger partial charge < -0.3 is 9.80 Å². The van der Waals surface area contributed by atoms with Crippen molar-refractivity contribution in [3.8, 4) is 0 Å². The molecule has 3 rings (SSSR count). The summed E-state index contributed by atoms with van der Waals surface area (Å²) >= 11 is 1.62. The van der Waals surface area contributed by atoms with Gasteiger partial charge in [-0.15, -0.1) is 11.3 Å². The van der Waals surface area contributed by atoms with Crippen molar-refractivity contribution in [1.29, 1.82) is 0 Å². The SMILES string of the molecule is Cc1ccsc1CN(Cc1ccccc1)C(=O)CN(CC(C)C)C(=O)C=Cc1ccc([N+](=O)[O-])cc1. The maximum Gasteiger partial charge on any atom is 0.269 e. The van der Waals surface area contributed by atoms with Gasteiger partial charge in [0.2, 0.25) is 11.8 Å². The number of non-ortho nitro benzene ring substituents is 1. The van der Waals surface area contributed by atoms with Crippen molar-refractivity contribution >= 4 is 34.9 Å². The number of carbonyl (C=O) groups is 2. The van der Waals surface area contributed by atoms with Crippen molar-refractivity contribution in [2.45, 2.75) is 33.9 Å². The van der Waals surface area contributed by atoms with E-state index in [9.17, 15) is 19.7 Å². The molecule has 0 fully saturated rings. The highest BCUT2D eigenvalue weighted by atomic mass is 32.1. The average Bonchev–Trinajstić information content (AvgIpc) is 3.26. The van der Waals surface area contributed by atoms with Crippen molar-refractivity contribution in [1.82, 2.24) is 9.80 Å². The van der Waals surface area contributed by atoms with Crippen LogP contribution in [0.25, 0.3) is 6.08 Å². The topological polar surface area (TPSA) is 83.8 Å². The monoisotopic (exact) mass is 505 g/mol. The molecule has 0 bridgehead atoms. The van der Waals surface area contributed by atoms with Crippen molar-refractivity contribution in [3.05, 3.63) is 104 Å². The van der Waals surface area contributed by atoms with Gasteiger partial charge in [-0.1, -0.05) is 44.2 Å². The molecule has 0 N–H and O–H groups in total. The Bertz CT molecular complexity index is 1200. The summed E-state index contributed by atoms with van der Waals surface area (Å²) in [7, 11) is 0. The molecule has 0 radical (unpaired) electrons. The number of hydrogen-bond acceptors (Lipinski definition) is 5. The Hall–Kier alpha value is -3.78. The van der Waals surface area contributed by atoms with Crippen LogP contribution in [0, 0.1) is 23.0 Å². The highest BCUT2D eigenvalue weighted by Crippen LogP contribution is 2.20. The van der Waals surface area contributed by atoms with Gasteiger partial charge in [0.1, 0.15) is 6.54 Å². The fourth-order valence-electron chi connectivity index (χ4n) is 3.69. The van der Waals surface area contributed by atoms with Gasteiger partial charge in [0.25, 0.3) is 5.69 Å². The number of nitro benzene ring substituents is 1. The fraction of sp³-hybridized carbons (Fsp3) is 0.286. The minimum Gasteiger partial charge on any atom is -0.332 e. The number of aryl methyl sites for hydroxylation is 1. The minimum absolute atomic E-state index is 0.00927. The molecule has 0 spiro atoms. The Labute approximate surface area is 215 Å². The zero-order valence-electron chi connectivity index (χ0n) is 20.8. The van der Waals surface area contributed by atoms with Gasteiger partial charge in [-0.2, -0.15) is 0 Å². The predicted octanol–water partition coefficient (Wildman–Crippen LogP) is 5.69. The van der Waals surface area contributed by atoms with Gasteiger partial charge in [-0.3, -0.25) is 19.7 Å². The first-order valence-electron chi connectivity index (χ1n) is 11.8. The lowest BCUT2D eigenvalue weighted by molar-refractivity contribution is -0.384. The summed E-state index contributed by atoms with van der Waals surface area (Å²) in [6.07, 6.45) is 3.03. The van der Waals surface area contributed by atoms with Crippen LogP contribution in [0.2, 0.25) is 0 Å². The Morgan fingerprint density at radius 3 is 2.28 bits per heavy atom. The Kier molecular flexibility index (Phi) is 9.53. The number of benzene rings is 2. The number of nitrogens with zero attached hydrogens (tertiary/aromatic N) is 3. The third kappa shape index (κ3) is 7.88. The standard InChI is InChI=1S/C28H31N3O4S/c1-21(2)17-29(27(32)14-11-23-9-12-25(13-10-23)31(34)35)20-28(33)30(18-24-7-5-4-6-8-24)19-26-22(3)15-16-36-26/h4-16,21H,17-20H2,1-3H3. The van der Waals surface area contributed by atoms with Crippen molar-refractivity contribution in [3.63, 3.8) is 0 Å². The average molecular weight is 506 g/mol. The molecule has 0 saturated heterocycles. The van der Waals surface area contributed by atoms with E-state index in [0.717, 1.165) is 16.0 Å². The third-order valence-corrected chi connectivity index (χ3v) is 6.62. The molecule has 188 valence electrons. The second-order valence-electron chi connectivity index (χ2n) is 9.06. The molecule has 3 aromatic rings. The molecule has 0 atom stereocenters. The maximum atomic E-state index is 13.5. The second kappa shape index (κ2) is 12.8. The summed E-state index contributed by atoms with van der Waals surface area (Å²) in [4.78, 5) is 41.5. The number of amides is 2. The highest BCUT2D eigenvalue weighted by Gasteiger charge is 2.22. The van der Waals surface area contributed by atoms with Gasteiger partial charge in [0.05, 0.1) is 11.5 Å². The fourth-order valence-corrected chi connectivity index (χ4v) is 4.61. The normalized spacial score (nSPS) is 11.1. The van der Waals surface area contributed by atoms with E-state index in [0.29, 0.717) is 25.2 Å². The van der Waals surface area contributed by atoms with E-state index in [1.807, 2.05) is 62.5 Å². The lowest BCUT2D eigenvalue weighted by atomic mass is 10.1. The Morgan fingerprint density at radius 1 is 1.00 bits per heavy atom. The van der Waals surface area contributed by atoms with E-state index in [1.165, 1.54) is 18.2 Å². The summed E-state index contributed by atoms with van der Waals surface area (Å²) < 4.78 is 0. The maximum absolute atomic E-state index is 13.5. The quantitative estimate of drug-likeness (QED) is 0.190. The molecule has 0 unspecified atom stereocenters. The van der Waals surface area contributed by atoms with Crippen LogP contribution < -0.4 is 0 Å². The van der Waals surface area contributed by atoms with E-state index >= 15 is 0 Å². The number of rotatable bonds is 11. The van der Waals surface area contributed by atoms with E-state index in [1.54, 1.807) is 39.3 Å². The molecule has 0 saturated carbocycles. The largest absolute Gasteiger partial charge is 0.332 e. The number of nitro groups is 1. The lowest BCUT2D eigenvalue weighted by Crippen LogP contribution is -2.43. The summed E-state index contributed by atoms with van der Waals surface area (Å²) in [5, 5.41) is 12.9. The van der Waals surface area contributed by atoms with Crippen LogP contribution in [0.4, 0.5) is 5.69 Å². The first-order valence-corrected chi connectivity index (χ1v) is 12.7. The molecule has 7 nitrogen and oxygen atoms in total. The number of hydrogen-bond donors (Lipinski definition) is 0. The van der Waals surface area contributed by atoms with Gasteiger partial charge in [0, 0.05) is 36.2 Å². The van der Waals surface area contributed by atoms with Crippen LogP contribution in [0.3, 0.4) is 0 Å². The zero-order valence-corrected chi connectivity index (χ0v) is 21.6. The summed E-state index contributed by atoms with van der Waals surface area (Å²) in [5.74, 6) is -0.219. The Morgan fingerprint density at radius 2 is 1.69 bits per heavy atom. The van der Waals surface area contributed by atoms with Crippen LogP contribution >= 0.6 is 11.3 Å². The molecule has 1 aromatic heterocycles. The molecule has 0 aliphatic heterocycles. The zero-order chi connectivity index (χ0) is 26.1. The van der Waals surface area contributed by atoms with Crippen LogP contribution in [-0.4, -0.2) is 39.6 Å². The summed E-state index contributed by atoms with van der Waals surface area (Å²) in [5.41, 5.74) is 2.83. The molecule has 36 heavy (non-hydrogen) atoms. The van der Waals surface area contributed by atoms with Gasteiger partial charge >= 0.3 is 0 Å². The summed E-state index contributed by atoms with van der Waals surface area (Å²) in [6, 6.07) is 17.8. The number of thiophene rings is 1. The first-order chi connectivity index (χ1) is 17.2.